The van der Waals surface area contributed by atoms with Crippen LogP contribution in [-0.2, 0) is 14.3 Å². The van der Waals surface area contributed by atoms with Gasteiger partial charge in [0.25, 0.3) is 5.91 Å². The molecular weight excluding hydrogens is 594 g/mol. The zero-order chi connectivity index (χ0) is 30.9. The van der Waals surface area contributed by atoms with Crippen molar-refractivity contribution in [2.75, 3.05) is 61.9 Å². The molecule has 3 heterocycles. The van der Waals surface area contributed by atoms with Crippen molar-refractivity contribution in [2.24, 2.45) is 5.73 Å². The van der Waals surface area contributed by atoms with Gasteiger partial charge in [-0.3, -0.25) is 19.3 Å². The fraction of sp³-hybridized carbons (Fsp3) is 0.429. The lowest BCUT2D eigenvalue weighted by Crippen LogP contribution is -2.48. The number of carbonyl (C=O) groups excluding carboxylic acids is 3. The van der Waals surface area contributed by atoms with Crippen molar-refractivity contribution in [1.29, 1.82) is 0 Å². The normalized spacial score (nSPS) is 14.3. The van der Waals surface area contributed by atoms with Crippen LogP contribution < -0.4 is 26.6 Å². The number of primary amides is 1. The van der Waals surface area contributed by atoms with Crippen LogP contribution >= 0.6 is 22.9 Å². The summed E-state index contributed by atoms with van der Waals surface area (Å²) < 4.78 is 5.41. The number of thiazole rings is 1. The maximum atomic E-state index is 12.8. The number of nitrogens with two attached hydrogens (primary N) is 1. The van der Waals surface area contributed by atoms with Crippen LogP contribution in [0.5, 0.6) is 0 Å². The average molecular weight is 630 g/mol. The summed E-state index contributed by atoms with van der Waals surface area (Å²) in [6.45, 7) is 7.61. The minimum absolute atomic E-state index is 0.120. The number of likely N-dealkylation sites (N-methyl/N-ethyl adjacent to an activating group) is 1. The predicted octanol–water partition coefficient (Wildman–Crippen LogP) is 2.72. The highest BCUT2D eigenvalue weighted by Crippen LogP contribution is 2.28. The molecule has 0 radical (unpaired) electrons. The first-order valence-electron chi connectivity index (χ1n) is 13.9. The lowest BCUT2D eigenvalue weighted by atomic mass is 10.1. The summed E-state index contributed by atoms with van der Waals surface area (Å²) in [6, 6.07) is 6.75. The maximum Gasteiger partial charge on any atom is 0.323 e. The summed E-state index contributed by atoms with van der Waals surface area (Å²) in [4.78, 5) is 54.4. The summed E-state index contributed by atoms with van der Waals surface area (Å²) in [5, 5.41) is 9.93. The van der Waals surface area contributed by atoms with Crippen molar-refractivity contribution in [3.63, 3.8) is 0 Å². The molecule has 15 heteroatoms. The van der Waals surface area contributed by atoms with Crippen molar-refractivity contribution >= 4 is 63.2 Å². The molecule has 0 spiro atoms. The number of halogens is 1. The van der Waals surface area contributed by atoms with Crippen LogP contribution in [0.25, 0.3) is 0 Å². The summed E-state index contributed by atoms with van der Waals surface area (Å²) in [5.41, 5.74) is 6.62. The average Bonchev–Trinajstić information content (AvgIpc) is 3.44. The number of rotatable bonds is 13. The van der Waals surface area contributed by atoms with E-state index >= 15 is 0 Å². The van der Waals surface area contributed by atoms with E-state index in [0.717, 1.165) is 37.6 Å². The Morgan fingerprint density at radius 2 is 1.93 bits per heavy atom. The van der Waals surface area contributed by atoms with Crippen molar-refractivity contribution < 1.29 is 19.1 Å². The molecule has 1 saturated heterocycles. The van der Waals surface area contributed by atoms with Crippen molar-refractivity contribution in [3.05, 3.63) is 51.7 Å². The third-order valence-corrected chi connectivity index (χ3v) is 8.14. The Balaban J connectivity index is 1.27. The number of para-hydroxylation sites is 1. The molecule has 230 valence electrons. The molecule has 3 aromatic rings. The van der Waals surface area contributed by atoms with Gasteiger partial charge in [0.1, 0.15) is 35.0 Å². The second-order valence-electron chi connectivity index (χ2n) is 10.0. The van der Waals surface area contributed by atoms with E-state index in [2.05, 4.69) is 40.7 Å². The summed E-state index contributed by atoms with van der Waals surface area (Å²) in [7, 11) is 1.65. The topological polar surface area (TPSA) is 168 Å². The molecule has 13 nitrogen and oxygen atoms in total. The number of carbonyl (C=O) groups is 3. The van der Waals surface area contributed by atoms with Crippen molar-refractivity contribution in [1.82, 2.24) is 25.2 Å². The third-order valence-electron chi connectivity index (χ3n) is 6.91. The van der Waals surface area contributed by atoms with E-state index in [-0.39, 0.29) is 24.9 Å². The maximum absolute atomic E-state index is 12.8. The van der Waals surface area contributed by atoms with Gasteiger partial charge in [-0.1, -0.05) is 35.1 Å². The first-order chi connectivity index (χ1) is 20.6. The van der Waals surface area contributed by atoms with E-state index in [9.17, 15) is 14.4 Å². The fourth-order valence-corrected chi connectivity index (χ4v) is 5.52. The molecule has 2 amide bonds. The quantitative estimate of drug-likeness (QED) is 0.205. The van der Waals surface area contributed by atoms with Gasteiger partial charge in [0, 0.05) is 45.2 Å². The highest BCUT2D eigenvalue weighted by atomic mass is 35.5. The molecule has 0 unspecified atom stereocenters. The number of hydrogen-bond acceptors (Lipinski definition) is 12. The van der Waals surface area contributed by atoms with Crippen LogP contribution in [0.4, 0.5) is 22.5 Å². The first kappa shape index (κ1) is 32.1. The standard InChI is InChI=1S/C28H36ClN9O4S/c1-17-5-4-6-19(29)25(17)36-26(40)21-16-32-28(43-21)35-23-15-24(34-18(2)33-23)38-11-9-37(10-12-38)13-14-42-27(41)20(31-3)7-8-22(30)39/h4-6,15-16,20,31H,7-14H2,1-3H3,(H2,30,39)(H,36,40)(H,32,33,34,35)/t20-/m1/s1. The number of anilines is 4. The van der Waals surface area contributed by atoms with E-state index < -0.39 is 11.9 Å². The van der Waals surface area contributed by atoms with Crippen LogP contribution in [0.1, 0.15) is 33.9 Å². The Kier molecular flexibility index (Phi) is 11.2. The summed E-state index contributed by atoms with van der Waals surface area (Å²) >= 11 is 7.46. The molecule has 5 N–H and O–H groups in total. The number of piperazine rings is 1. The summed E-state index contributed by atoms with van der Waals surface area (Å²) in [5.74, 6) is 0.844. The molecule has 4 rings (SSSR count). The van der Waals surface area contributed by atoms with Crippen LogP contribution in [0.2, 0.25) is 5.02 Å². The monoisotopic (exact) mass is 629 g/mol. The molecule has 0 saturated carbocycles. The van der Waals surface area contributed by atoms with Gasteiger partial charge in [-0.05, 0) is 38.9 Å². The number of nitrogens with one attached hydrogen (secondary N) is 3. The van der Waals surface area contributed by atoms with Crippen LogP contribution in [0.3, 0.4) is 0 Å². The van der Waals surface area contributed by atoms with Gasteiger partial charge >= 0.3 is 5.97 Å². The van der Waals surface area contributed by atoms with Gasteiger partial charge in [-0.15, -0.1) is 0 Å². The number of aromatic nitrogens is 3. The molecule has 0 aliphatic carbocycles. The number of amides is 2. The number of nitrogens with zero attached hydrogens (tertiary/aromatic N) is 5. The smallest absolute Gasteiger partial charge is 0.323 e. The number of benzene rings is 1. The Morgan fingerprint density at radius 3 is 2.63 bits per heavy atom. The Labute approximate surface area is 259 Å². The van der Waals surface area contributed by atoms with Gasteiger partial charge in [0.05, 0.1) is 16.9 Å². The van der Waals surface area contributed by atoms with E-state index in [4.69, 9.17) is 22.1 Å². The van der Waals surface area contributed by atoms with Gasteiger partial charge in [0.15, 0.2) is 5.13 Å². The highest BCUT2D eigenvalue weighted by molar-refractivity contribution is 7.17. The minimum atomic E-state index is -0.557. The zero-order valence-electron chi connectivity index (χ0n) is 24.4. The van der Waals surface area contributed by atoms with E-state index in [0.29, 0.717) is 45.3 Å². The number of esters is 1. The lowest BCUT2D eigenvalue weighted by Gasteiger charge is -2.35. The SMILES string of the molecule is CN[C@H](CCC(N)=O)C(=O)OCCN1CCN(c2cc(Nc3ncc(C(=O)Nc4c(C)cccc4Cl)s3)nc(C)n2)CC1. The van der Waals surface area contributed by atoms with Gasteiger partial charge in [-0.2, -0.15) is 0 Å². The molecular formula is C28H36ClN9O4S. The van der Waals surface area contributed by atoms with E-state index in [1.165, 1.54) is 17.5 Å². The van der Waals surface area contributed by atoms with Crippen LogP contribution in [0.15, 0.2) is 30.5 Å². The number of ether oxygens (including phenoxy) is 1. The van der Waals surface area contributed by atoms with Gasteiger partial charge in [-0.25, -0.2) is 15.0 Å². The van der Waals surface area contributed by atoms with Crippen molar-refractivity contribution in [2.45, 2.75) is 32.7 Å². The van der Waals surface area contributed by atoms with Crippen molar-refractivity contribution in [3.8, 4) is 0 Å². The molecule has 2 aromatic heterocycles. The zero-order valence-corrected chi connectivity index (χ0v) is 25.9. The van der Waals surface area contributed by atoms with Crippen LogP contribution in [0, 0.1) is 13.8 Å². The second kappa shape index (κ2) is 15.0. The molecule has 1 aliphatic heterocycles. The fourth-order valence-electron chi connectivity index (χ4n) is 4.53. The number of aryl methyl sites for hydroxylation is 2. The Bertz CT molecular complexity index is 1430. The van der Waals surface area contributed by atoms with E-state index in [1.807, 2.05) is 32.0 Å². The Hall–Kier alpha value is -3.85. The van der Waals surface area contributed by atoms with Crippen LogP contribution in [-0.4, -0.2) is 90.1 Å². The molecule has 43 heavy (non-hydrogen) atoms. The third kappa shape index (κ3) is 9.07. The van der Waals surface area contributed by atoms with E-state index in [1.54, 1.807) is 13.1 Å². The molecule has 1 aromatic carbocycles. The number of hydrogen-bond donors (Lipinski definition) is 4. The minimum Gasteiger partial charge on any atom is -0.463 e. The molecule has 1 aliphatic rings. The predicted molar refractivity (Wildman–Crippen MR) is 167 cm³/mol. The highest BCUT2D eigenvalue weighted by Gasteiger charge is 2.22. The Morgan fingerprint density at radius 1 is 1.16 bits per heavy atom. The molecule has 1 atom stereocenters. The second-order valence-corrected chi connectivity index (χ2v) is 11.5. The lowest BCUT2D eigenvalue weighted by molar-refractivity contribution is -0.146. The largest absolute Gasteiger partial charge is 0.463 e. The molecule has 0 bridgehead atoms. The first-order valence-corrected chi connectivity index (χ1v) is 15.1. The van der Waals surface area contributed by atoms with Gasteiger partial charge in [0.2, 0.25) is 5.91 Å². The summed E-state index contributed by atoms with van der Waals surface area (Å²) in [6.07, 6.45) is 1.94. The van der Waals surface area contributed by atoms with Gasteiger partial charge < -0.3 is 31.3 Å². The molecule has 1 fully saturated rings.